The predicted molar refractivity (Wildman–Crippen MR) is 73.3 cm³/mol. The molecule has 0 aliphatic carbocycles. The minimum absolute atomic E-state index is 0.110. The zero-order valence-corrected chi connectivity index (χ0v) is 11.8. The van der Waals surface area contributed by atoms with E-state index in [9.17, 15) is 0 Å². The minimum atomic E-state index is 0.110. The summed E-state index contributed by atoms with van der Waals surface area (Å²) in [6.07, 6.45) is 0.788. The zero-order valence-electron chi connectivity index (χ0n) is 10.9. The Kier molecular flexibility index (Phi) is 5.65. The molecular weight excluding hydrogens is 235 g/mol. The van der Waals surface area contributed by atoms with Crippen LogP contribution in [0.2, 0.25) is 0 Å². The second kappa shape index (κ2) is 6.77. The van der Waals surface area contributed by atoms with Crippen molar-refractivity contribution in [2.24, 2.45) is 5.73 Å². The summed E-state index contributed by atoms with van der Waals surface area (Å²) in [5.74, 6) is 2.79. The van der Waals surface area contributed by atoms with E-state index >= 15 is 0 Å². The van der Waals surface area contributed by atoms with Gasteiger partial charge in [0.05, 0.1) is 19.1 Å². The van der Waals surface area contributed by atoms with Gasteiger partial charge in [-0.15, -0.1) is 11.8 Å². The lowest BCUT2D eigenvalue weighted by Crippen LogP contribution is -2.18. The number of ether oxygens (including phenoxy) is 2. The number of hydrogen-bond donors (Lipinski definition) is 1. The first-order valence-corrected chi connectivity index (χ1v) is 6.74. The molecule has 0 aliphatic heterocycles. The predicted octanol–water partition coefficient (Wildman–Crippen LogP) is 2.71. The van der Waals surface area contributed by atoms with Crippen LogP contribution in [0.4, 0.5) is 0 Å². The molecule has 2 N–H and O–H groups in total. The van der Waals surface area contributed by atoms with Crippen LogP contribution in [0.1, 0.15) is 19.4 Å². The molecule has 1 rings (SSSR count). The molecule has 0 aliphatic rings. The summed E-state index contributed by atoms with van der Waals surface area (Å²) >= 11 is 1.75. The van der Waals surface area contributed by atoms with E-state index in [1.165, 1.54) is 0 Å². The summed E-state index contributed by atoms with van der Waals surface area (Å²) < 4.78 is 10.8. The fraction of sp³-hybridized carbons (Fsp3) is 0.538. The van der Waals surface area contributed by atoms with Gasteiger partial charge in [0, 0.05) is 6.04 Å². The molecule has 3 nitrogen and oxygen atoms in total. The largest absolute Gasteiger partial charge is 0.496 e. The van der Waals surface area contributed by atoms with Crippen molar-refractivity contribution in [3.63, 3.8) is 0 Å². The summed E-state index contributed by atoms with van der Waals surface area (Å²) in [5, 5.41) is 0. The van der Waals surface area contributed by atoms with Crippen LogP contribution < -0.4 is 15.2 Å². The zero-order chi connectivity index (χ0) is 12.8. The third-order valence-electron chi connectivity index (χ3n) is 2.41. The topological polar surface area (TPSA) is 44.5 Å². The van der Waals surface area contributed by atoms with Crippen molar-refractivity contribution in [2.75, 3.05) is 20.0 Å². The van der Waals surface area contributed by atoms with Crippen molar-refractivity contribution in [1.82, 2.24) is 0 Å². The smallest absolute Gasteiger partial charge is 0.132 e. The normalized spacial score (nSPS) is 12.3. The monoisotopic (exact) mass is 256 g/mol. The number of methoxy groups -OCH3 is 2. The van der Waals surface area contributed by atoms with Crippen LogP contribution in [-0.4, -0.2) is 26.0 Å². The molecule has 0 spiro atoms. The maximum absolute atomic E-state index is 5.83. The molecule has 1 atom stereocenters. The van der Waals surface area contributed by atoms with Gasteiger partial charge < -0.3 is 15.2 Å². The molecule has 0 bridgehead atoms. The lowest BCUT2D eigenvalue weighted by atomic mass is 10.1. The highest BCUT2D eigenvalue weighted by atomic mass is 32.2. The van der Waals surface area contributed by atoms with E-state index in [1.807, 2.05) is 19.1 Å². The third kappa shape index (κ3) is 3.82. The third-order valence-corrected chi connectivity index (χ3v) is 3.33. The Balaban J connectivity index is 3.12. The van der Waals surface area contributed by atoms with E-state index < -0.39 is 0 Å². The quantitative estimate of drug-likeness (QED) is 0.795. The van der Waals surface area contributed by atoms with E-state index in [2.05, 4.69) is 6.92 Å². The van der Waals surface area contributed by atoms with Gasteiger partial charge in [-0.25, -0.2) is 0 Å². The maximum atomic E-state index is 5.83. The Morgan fingerprint density at radius 1 is 1.24 bits per heavy atom. The van der Waals surface area contributed by atoms with Gasteiger partial charge in [-0.1, -0.05) is 6.92 Å². The molecule has 0 heterocycles. The molecule has 0 amide bonds. The van der Waals surface area contributed by atoms with E-state index in [0.29, 0.717) is 0 Å². The van der Waals surface area contributed by atoms with Gasteiger partial charge in [-0.05, 0) is 36.8 Å². The molecule has 1 aromatic carbocycles. The Labute approximate surface area is 108 Å². The summed E-state index contributed by atoms with van der Waals surface area (Å²) in [6.45, 7) is 4.10. The number of benzene rings is 1. The van der Waals surface area contributed by atoms with Crippen LogP contribution in [0.15, 0.2) is 17.0 Å². The van der Waals surface area contributed by atoms with E-state index in [0.717, 1.165) is 34.1 Å². The van der Waals surface area contributed by atoms with Gasteiger partial charge in [0.2, 0.25) is 0 Å². The average Bonchev–Trinajstić information content (AvgIpc) is 2.30. The molecule has 1 aromatic rings. The SMILES string of the molecule is CCSc1cc(OC)c(CC(C)N)[13cH]c1OC. The molecule has 96 valence electrons. The second-order valence-electron chi connectivity index (χ2n) is 3.93. The van der Waals surface area contributed by atoms with Gasteiger partial charge >= 0.3 is 0 Å². The number of thioether (sulfide) groups is 1. The first kappa shape index (κ1) is 14.2. The molecule has 17 heavy (non-hydrogen) atoms. The first-order valence-electron chi connectivity index (χ1n) is 5.75. The molecule has 1 unspecified atom stereocenters. The van der Waals surface area contributed by atoms with Crippen molar-refractivity contribution in [3.8, 4) is 11.5 Å². The van der Waals surface area contributed by atoms with Gasteiger partial charge in [-0.3, -0.25) is 0 Å². The van der Waals surface area contributed by atoms with Crippen molar-refractivity contribution < 1.29 is 9.47 Å². The molecular formula is C13H21NO2S. The summed E-state index contributed by atoms with van der Waals surface area (Å²) in [6, 6.07) is 4.17. The number of nitrogens with two attached hydrogens (primary N) is 1. The Morgan fingerprint density at radius 2 is 1.88 bits per heavy atom. The highest BCUT2D eigenvalue weighted by molar-refractivity contribution is 7.99. The molecule has 0 radical (unpaired) electrons. The minimum Gasteiger partial charge on any atom is -0.496 e. The summed E-state index contributed by atoms with van der Waals surface area (Å²) in [5.41, 5.74) is 6.93. The number of rotatable bonds is 6. The lowest BCUT2D eigenvalue weighted by Gasteiger charge is -2.15. The van der Waals surface area contributed by atoms with Crippen LogP contribution in [-0.2, 0) is 6.42 Å². The highest BCUT2D eigenvalue weighted by Crippen LogP contribution is 2.35. The van der Waals surface area contributed by atoms with Crippen molar-refractivity contribution in [2.45, 2.75) is 31.2 Å². The van der Waals surface area contributed by atoms with Crippen LogP contribution in [0.3, 0.4) is 0 Å². The summed E-state index contributed by atoms with van der Waals surface area (Å²) in [4.78, 5) is 1.11. The van der Waals surface area contributed by atoms with Gasteiger partial charge in [-0.2, -0.15) is 0 Å². The Morgan fingerprint density at radius 3 is 2.35 bits per heavy atom. The van der Waals surface area contributed by atoms with Crippen LogP contribution in [0, 0.1) is 0 Å². The van der Waals surface area contributed by atoms with Crippen LogP contribution in [0.5, 0.6) is 11.5 Å². The summed E-state index contributed by atoms with van der Waals surface area (Å²) in [7, 11) is 3.38. The van der Waals surface area contributed by atoms with E-state index in [1.54, 1.807) is 26.0 Å². The molecule has 0 fully saturated rings. The Bertz CT molecular complexity index is 367. The van der Waals surface area contributed by atoms with Gasteiger partial charge in [0.1, 0.15) is 11.5 Å². The van der Waals surface area contributed by atoms with E-state index in [4.69, 9.17) is 15.2 Å². The van der Waals surface area contributed by atoms with Crippen LogP contribution in [0.25, 0.3) is 0 Å². The fourth-order valence-corrected chi connectivity index (χ4v) is 2.49. The molecule has 0 saturated carbocycles. The van der Waals surface area contributed by atoms with Crippen LogP contribution >= 0.6 is 11.8 Å². The standard InChI is InChI=1S/C13H21NO2S/c1-5-17-13-8-11(15-3)10(6-9(2)14)7-12(13)16-4/h7-9H,5-6,14H2,1-4H3/i7+1. The highest BCUT2D eigenvalue weighted by Gasteiger charge is 2.12. The van der Waals surface area contributed by atoms with Gasteiger partial charge in [0.15, 0.2) is 0 Å². The molecule has 0 aromatic heterocycles. The first-order chi connectivity index (χ1) is 8.12. The number of hydrogen-bond acceptors (Lipinski definition) is 4. The molecule has 0 saturated heterocycles. The van der Waals surface area contributed by atoms with Crippen molar-refractivity contribution in [3.05, 3.63) is 17.7 Å². The lowest BCUT2D eigenvalue weighted by molar-refractivity contribution is 0.389. The fourth-order valence-electron chi connectivity index (χ4n) is 1.71. The van der Waals surface area contributed by atoms with Crippen molar-refractivity contribution >= 4 is 11.8 Å². The average molecular weight is 256 g/mol. The van der Waals surface area contributed by atoms with E-state index in [-0.39, 0.29) is 6.04 Å². The second-order valence-corrected chi connectivity index (χ2v) is 5.24. The molecule has 4 heteroatoms. The van der Waals surface area contributed by atoms with Crippen molar-refractivity contribution in [1.29, 1.82) is 0 Å². The maximum Gasteiger partial charge on any atom is 0.132 e. The Hall–Kier alpha value is -0.870. The van der Waals surface area contributed by atoms with Gasteiger partial charge in [0.25, 0.3) is 0 Å².